The number of halogens is 4. The number of nitrogens with zero attached hydrogens (tertiary/aromatic N) is 1. The topological polar surface area (TPSA) is 22.1 Å². The van der Waals surface area contributed by atoms with Gasteiger partial charge in [0, 0.05) is 6.20 Å². The van der Waals surface area contributed by atoms with E-state index in [0.29, 0.717) is 0 Å². The zero-order valence-corrected chi connectivity index (χ0v) is 8.86. The number of rotatable bonds is 2. The van der Waals surface area contributed by atoms with Gasteiger partial charge >= 0.3 is 0 Å². The van der Waals surface area contributed by atoms with E-state index < -0.39 is 6.43 Å². The van der Waals surface area contributed by atoms with Crippen LogP contribution in [0.5, 0.6) is 5.75 Å². The van der Waals surface area contributed by atoms with Gasteiger partial charge in [-0.15, -0.1) is 0 Å². The lowest BCUT2D eigenvalue weighted by molar-refractivity contribution is 0.149. The van der Waals surface area contributed by atoms with Crippen LogP contribution < -0.4 is 4.74 Å². The van der Waals surface area contributed by atoms with Gasteiger partial charge in [-0.1, -0.05) is 11.6 Å². The van der Waals surface area contributed by atoms with Gasteiger partial charge in [0.05, 0.1) is 17.1 Å². The fourth-order valence-corrected chi connectivity index (χ4v) is 1.75. The van der Waals surface area contributed by atoms with E-state index >= 15 is 0 Å². The maximum atomic E-state index is 12.3. The highest BCUT2D eigenvalue weighted by molar-refractivity contribution is 9.10. The Morgan fingerprint density at radius 3 is 2.69 bits per heavy atom. The molecular formula is C7H5BrClF2NO. The van der Waals surface area contributed by atoms with Crippen molar-refractivity contribution in [1.29, 1.82) is 0 Å². The lowest BCUT2D eigenvalue weighted by Crippen LogP contribution is -1.94. The molecular weight excluding hydrogens is 267 g/mol. The summed E-state index contributed by atoms with van der Waals surface area (Å²) in [6.07, 6.45) is -1.59. The van der Waals surface area contributed by atoms with Crippen molar-refractivity contribution in [3.05, 3.63) is 21.4 Å². The van der Waals surface area contributed by atoms with Crippen molar-refractivity contribution in [2.75, 3.05) is 7.11 Å². The molecule has 0 fully saturated rings. The Labute approximate surface area is 87.0 Å². The average molecular weight is 272 g/mol. The first kappa shape index (κ1) is 10.7. The summed E-state index contributed by atoms with van der Waals surface area (Å²) < 4.78 is 29.5. The second-order valence-electron chi connectivity index (χ2n) is 2.15. The molecule has 6 heteroatoms. The molecule has 2 nitrogen and oxygen atoms in total. The van der Waals surface area contributed by atoms with Crippen molar-refractivity contribution in [2.45, 2.75) is 6.43 Å². The molecule has 0 saturated carbocycles. The number of methoxy groups -OCH3 is 1. The Kier molecular flexibility index (Phi) is 3.44. The molecule has 1 heterocycles. The molecule has 1 aromatic rings. The molecule has 1 rings (SSSR count). The highest BCUT2D eigenvalue weighted by Crippen LogP contribution is 2.37. The maximum Gasteiger partial charge on any atom is 0.266 e. The third kappa shape index (κ3) is 2.08. The first-order chi connectivity index (χ1) is 6.07. The standard InChI is InChI=1S/C7H5BrClF2NO/c1-13-5-4(8)3(7(10)11)2-12-6(5)9/h2,7H,1H3. The Hall–Kier alpha value is -0.420. The van der Waals surface area contributed by atoms with Crippen molar-refractivity contribution in [3.63, 3.8) is 0 Å². The summed E-state index contributed by atoms with van der Waals surface area (Å²) in [6, 6.07) is 0. The molecule has 0 unspecified atom stereocenters. The SMILES string of the molecule is COc1c(Cl)ncc(C(F)F)c1Br. The second-order valence-corrected chi connectivity index (χ2v) is 3.30. The first-order valence-corrected chi connectivity index (χ1v) is 4.41. The predicted octanol–water partition coefficient (Wildman–Crippen LogP) is 3.44. The molecule has 0 aliphatic carbocycles. The van der Waals surface area contributed by atoms with E-state index in [-0.39, 0.29) is 20.9 Å². The first-order valence-electron chi connectivity index (χ1n) is 3.24. The molecule has 0 amide bonds. The van der Waals surface area contributed by atoms with Gasteiger partial charge in [0.25, 0.3) is 6.43 Å². The van der Waals surface area contributed by atoms with E-state index in [1.165, 1.54) is 7.11 Å². The van der Waals surface area contributed by atoms with Crippen molar-refractivity contribution in [3.8, 4) is 5.75 Å². The van der Waals surface area contributed by atoms with Crippen LogP contribution in [0.4, 0.5) is 8.78 Å². The lowest BCUT2D eigenvalue weighted by Gasteiger charge is -2.08. The second kappa shape index (κ2) is 4.19. The number of hydrogen-bond donors (Lipinski definition) is 0. The zero-order valence-electron chi connectivity index (χ0n) is 6.52. The van der Waals surface area contributed by atoms with Gasteiger partial charge in [0.1, 0.15) is 0 Å². The van der Waals surface area contributed by atoms with Gasteiger partial charge in [-0.3, -0.25) is 0 Å². The van der Waals surface area contributed by atoms with E-state index in [0.717, 1.165) is 6.20 Å². The zero-order chi connectivity index (χ0) is 10.0. The maximum absolute atomic E-state index is 12.3. The van der Waals surface area contributed by atoms with Crippen molar-refractivity contribution >= 4 is 27.5 Å². The van der Waals surface area contributed by atoms with Crippen molar-refractivity contribution in [2.24, 2.45) is 0 Å². The van der Waals surface area contributed by atoms with Gasteiger partial charge in [0.2, 0.25) is 0 Å². The summed E-state index contributed by atoms with van der Waals surface area (Å²) in [6.45, 7) is 0. The minimum Gasteiger partial charge on any atom is -0.492 e. The molecule has 0 N–H and O–H groups in total. The van der Waals surface area contributed by atoms with E-state index in [2.05, 4.69) is 20.9 Å². The molecule has 0 radical (unpaired) electrons. The van der Waals surface area contributed by atoms with E-state index in [1.54, 1.807) is 0 Å². The summed E-state index contributed by atoms with van der Waals surface area (Å²) in [5.41, 5.74) is -0.235. The van der Waals surface area contributed by atoms with Crippen LogP contribution in [0.2, 0.25) is 5.15 Å². The van der Waals surface area contributed by atoms with Crippen LogP contribution >= 0.6 is 27.5 Å². The van der Waals surface area contributed by atoms with Crippen LogP contribution in [0.25, 0.3) is 0 Å². The van der Waals surface area contributed by atoms with Crippen LogP contribution in [0, 0.1) is 0 Å². The van der Waals surface area contributed by atoms with Crippen LogP contribution in [0.1, 0.15) is 12.0 Å². The molecule has 0 saturated heterocycles. The van der Waals surface area contributed by atoms with Crippen LogP contribution in [0.3, 0.4) is 0 Å². The van der Waals surface area contributed by atoms with E-state index in [4.69, 9.17) is 16.3 Å². The Bertz CT molecular complexity index is 322. The molecule has 13 heavy (non-hydrogen) atoms. The van der Waals surface area contributed by atoms with Crippen LogP contribution in [0.15, 0.2) is 10.7 Å². The average Bonchev–Trinajstić information content (AvgIpc) is 2.04. The predicted molar refractivity (Wildman–Crippen MR) is 48.5 cm³/mol. The third-order valence-electron chi connectivity index (χ3n) is 1.40. The lowest BCUT2D eigenvalue weighted by atomic mass is 10.3. The molecule has 72 valence electrons. The summed E-state index contributed by atoms with van der Waals surface area (Å²) >= 11 is 8.56. The minimum absolute atomic E-state index is 0.0544. The quantitative estimate of drug-likeness (QED) is 0.769. The van der Waals surface area contributed by atoms with E-state index in [9.17, 15) is 8.78 Å². The van der Waals surface area contributed by atoms with E-state index in [1.807, 2.05) is 0 Å². The molecule has 0 bridgehead atoms. The Morgan fingerprint density at radius 2 is 2.23 bits per heavy atom. The number of ether oxygens (including phenoxy) is 1. The summed E-state index contributed by atoms with van der Waals surface area (Å²) in [4.78, 5) is 3.56. The number of alkyl halides is 2. The molecule has 0 atom stereocenters. The monoisotopic (exact) mass is 271 g/mol. The normalized spacial score (nSPS) is 10.6. The minimum atomic E-state index is -2.60. The number of aromatic nitrogens is 1. The Balaban J connectivity index is 3.27. The van der Waals surface area contributed by atoms with Gasteiger partial charge in [-0.05, 0) is 15.9 Å². The summed E-state index contributed by atoms with van der Waals surface area (Å²) in [5, 5.41) is 0.0544. The van der Waals surface area contributed by atoms with Gasteiger partial charge in [0.15, 0.2) is 10.9 Å². The number of pyridine rings is 1. The fourth-order valence-electron chi connectivity index (χ4n) is 0.789. The summed E-state index contributed by atoms with van der Waals surface area (Å²) in [7, 11) is 1.34. The van der Waals surface area contributed by atoms with Crippen molar-refractivity contribution < 1.29 is 13.5 Å². The van der Waals surface area contributed by atoms with Crippen molar-refractivity contribution in [1.82, 2.24) is 4.98 Å². The van der Waals surface area contributed by atoms with Crippen LogP contribution in [-0.4, -0.2) is 12.1 Å². The molecule has 0 spiro atoms. The fraction of sp³-hybridized carbons (Fsp3) is 0.286. The van der Waals surface area contributed by atoms with Gasteiger partial charge in [-0.25, -0.2) is 13.8 Å². The largest absolute Gasteiger partial charge is 0.492 e. The molecule has 0 aliphatic heterocycles. The molecule has 0 aliphatic rings. The third-order valence-corrected chi connectivity index (χ3v) is 2.48. The van der Waals surface area contributed by atoms with Gasteiger partial charge in [-0.2, -0.15) is 0 Å². The van der Waals surface area contributed by atoms with Crippen LogP contribution in [-0.2, 0) is 0 Å². The highest BCUT2D eigenvalue weighted by Gasteiger charge is 2.18. The highest BCUT2D eigenvalue weighted by atomic mass is 79.9. The smallest absolute Gasteiger partial charge is 0.266 e. The Morgan fingerprint density at radius 1 is 1.62 bits per heavy atom. The molecule has 1 aromatic heterocycles. The van der Waals surface area contributed by atoms with Gasteiger partial charge < -0.3 is 4.74 Å². The molecule has 0 aromatic carbocycles. The summed E-state index contributed by atoms with van der Waals surface area (Å²) in [5.74, 6) is 0.125. The number of hydrogen-bond acceptors (Lipinski definition) is 2.